The first-order chi connectivity index (χ1) is 10.0. The Morgan fingerprint density at radius 1 is 1.38 bits per heavy atom. The molecule has 3 nitrogen and oxygen atoms in total. The molecule has 1 aromatic rings. The molecule has 0 saturated heterocycles. The fourth-order valence-electron chi connectivity index (χ4n) is 1.98. The minimum absolute atomic E-state index is 0.0373. The summed E-state index contributed by atoms with van der Waals surface area (Å²) in [5.74, 6) is 6.41. The summed E-state index contributed by atoms with van der Waals surface area (Å²) >= 11 is 0. The van der Waals surface area contributed by atoms with Crippen LogP contribution in [0.15, 0.2) is 18.2 Å². The molecule has 0 unspecified atom stereocenters. The highest BCUT2D eigenvalue weighted by atomic mass is 16.2. The van der Waals surface area contributed by atoms with E-state index in [0.717, 1.165) is 24.0 Å². The van der Waals surface area contributed by atoms with Crippen molar-refractivity contribution in [2.24, 2.45) is 5.92 Å². The van der Waals surface area contributed by atoms with Crippen LogP contribution in [0.5, 0.6) is 0 Å². The first-order valence-corrected chi connectivity index (χ1v) is 7.53. The zero-order chi connectivity index (χ0) is 15.7. The summed E-state index contributed by atoms with van der Waals surface area (Å²) < 4.78 is 0. The highest BCUT2D eigenvalue weighted by molar-refractivity contribution is 5.96. The SMILES string of the molecule is Cc1ccc(C#CCCO)c(C(=O)NCCCC(C)C)c1. The number of nitrogens with one attached hydrogen (secondary N) is 1. The Morgan fingerprint density at radius 2 is 2.14 bits per heavy atom. The molecule has 1 aromatic carbocycles. The van der Waals surface area contributed by atoms with Crippen molar-refractivity contribution in [2.45, 2.75) is 40.0 Å². The van der Waals surface area contributed by atoms with E-state index in [1.165, 1.54) is 0 Å². The third kappa shape index (κ3) is 6.46. The van der Waals surface area contributed by atoms with E-state index in [9.17, 15) is 4.79 Å². The van der Waals surface area contributed by atoms with E-state index in [1.54, 1.807) is 0 Å². The van der Waals surface area contributed by atoms with Crippen molar-refractivity contribution in [2.75, 3.05) is 13.2 Å². The number of hydrogen-bond acceptors (Lipinski definition) is 2. The summed E-state index contributed by atoms with van der Waals surface area (Å²) in [6.45, 7) is 7.04. The first-order valence-electron chi connectivity index (χ1n) is 7.53. The molecular formula is C18H25NO2. The molecule has 0 aliphatic carbocycles. The maximum Gasteiger partial charge on any atom is 0.252 e. The van der Waals surface area contributed by atoms with Gasteiger partial charge < -0.3 is 10.4 Å². The van der Waals surface area contributed by atoms with Crippen LogP contribution in [-0.2, 0) is 0 Å². The lowest BCUT2D eigenvalue weighted by molar-refractivity contribution is 0.0952. The third-order valence-electron chi connectivity index (χ3n) is 3.12. The van der Waals surface area contributed by atoms with Gasteiger partial charge in [-0.05, 0) is 37.8 Å². The van der Waals surface area contributed by atoms with Crippen LogP contribution in [-0.4, -0.2) is 24.2 Å². The van der Waals surface area contributed by atoms with Gasteiger partial charge in [-0.3, -0.25) is 4.79 Å². The summed E-state index contributed by atoms with van der Waals surface area (Å²) in [6.07, 6.45) is 2.52. The normalized spacial score (nSPS) is 10.1. The predicted molar refractivity (Wildman–Crippen MR) is 86.2 cm³/mol. The van der Waals surface area contributed by atoms with Gasteiger partial charge in [0.25, 0.3) is 5.91 Å². The van der Waals surface area contributed by atoms with Crippen LogP contribution in [0.2, 0.25) is 0 Å². The highest BCUT2D eigenvalue weighted by Gasteiger charge is 2.10. The molecule has 2 N–H and O–H groups in total. The van der Waals surface area contributed by atoms with Gasteiger partial charge in [-0.25, -0.2) is 0 Å². The molecule has 0 heterocycles. The van der Waals surface area contributed by atoms with Crippen molar-refractivity contribution in [1.82, 2.24) is 5.32 Å². The summed E-state index contributed by atoms with van der Waals surface area (Å²) in [5, 5.41) is 11.7. The van der Waals surface area contributed by atoms with E-state index in [1.807, 2.05) is 25.1 Å². The van der Waals surface area contributed by atoms with E-state index in [-0.39, 0.29) is 12.5 Å². The molecule has 0 fully saturated rings. The summed E-state index contributed by atoms with van der Waals surface area (Å²) in [4.78, 5) is 12.3. The molecule has 0 bridgehead atoms. The number of amides is 1. The summed E-state index contributed by atoms with van der Waals surface area (Å²) in [6, 6.07) is 5.67. The van der Waals surface area contributed by atoms with Crippen molar-refractivity contribution in [3.05, 3.63) is 34.9 Å². The Morgan fingerprint density at radius 3 is 2.81 bits per heavy atom. The molecule has 0 aliphatic heterocycles. The molecule has 1 rings (SSSR count). The Kier molecular flexibility index (Phi) is 7.56. The van der Waals surface area contributed by atoms with Gasteiger partial charge in [0.05, 0.1) is 12.2 Å². The van der Waals surface area contributed by atoms with E-state index in [2.05, 4.69) is 31.0 Å². The maximum atomic E-state index is 12.3. The number of aliphatic hydroxyl groups excluding tert-OH is 1. The maximum absolute atomic E-state index is 12.3. The Labute approximate surface area is 127 Å². The van der Waals surface area contributed by atoms with Crippen molar-refractivity contribution < 1.29 is 9.90 Å². The molecule has 0 radical (unpaired) electrons. The average Bonchev–Trinajstić information content (AvgIpc) is 2.45. The zero-order valence-corrected chi connectivity index (χ0v) is 13.2. The molecule has 0 aliphatic rings. The Bertz CT molecular complexity index is 524. The van der Waals surface area contributed by atoms with Crippen LogP contribution < -0.4 is 5.32 Å². The predicted octanol–water partition coefficient (Wildman–Crippen LogP) is 2.89. The number of benzene rings is 1. The Hall–Kier alpha value is -1.79. The minimum atomic E-state index is -0.0734. The lowest BCUT2D eigenvalue weighted by Gasteiger charge is -2.09. The molecular weight excluding hydrogens is 262 g/mol. The van der Waals surface area contributed by atoms with Crippen molar-refractivity contribution in [3.8, 4) is 11.8 Å². The van der Waals surface area contributed by atoms with Gasteiger partial charge in [-0.1, -0.05) is 37.3 Å². The van der Waals surface area contributed by atoms with Crippen molar-refractivity contribution in [1.29, 1.82) is 0 Å². The monoisotopic (exact) mass is 287 g/mol. The highest BCUT2D eigenvalue weighted by Crippen LogP contribution is 2.11. The van der Waals surface area contributed by atoms with Crippen LogP contribution in [0.3, 0.4) is 0 Å². The number of aryl methyl sites for hydroxylation is 1. The van der Waals surface area contributed by atoms with Gasteiger partial charge >= 0.3 is 0 Å². The molecule has 0 spiro atoms. The lowest BCUT2D eigenvalue weighted by atomic mass is 10.0. The van der Waals surface area contributed by atoms with Crippen molar-refractivity contribution >= 4 is 5.91 Å². The van der Waals surface area contributed by atoms with Crippen LogP contribution >= 0.6 is 0 Å². The van der Waals surface area contributed by atoms with E-state index >= 15 is 0 Å². The largest absolute Gasteiger partial charge is 0.395 e. The molecule has 0 aromatic heterocycles. The van der Waals surface area contributed by atoms with E-state index < -0.39 is 0 Å². The standard InChI is InChI=1S/C18H25NO2/c1-14(2)7-6-11-19-18(21)17-13-15(3)9-10-16(17)8-4-5-12-20/h9-10,13-14,20H,5-7,11-12H2,1-3H3,(H,19,21). The summed E-state index contributed by atoms with van der Waals surface area (Å²) in [7, 11) is 0. The van der Waals surface area contributed by atoms with Crippen LogP contribution in [0.25, 0.3) is 0 Å². The van der Waals surface area contributed by atoms with Gasteiger partial charge in [0, 0.05) is 18.5 Å². The number of hydrogen-bond donors (Lipinski definition) is 2. The number of aliphatic hydroxyl groups is 1. The van der Waals surface area contributed by atoms with Crippen molar-refractivity contribution in [3.63, 3.8) is 0 Å². The quantitative estimate of drug-likeness (QED) is 0.624. The van der Waals surface area contributed by atoms with Gasteiger partial charge in [-0.2, -0.15) is 0 Å². The van der Waals surface area contributed by atoms with E-state index in [4.69, 9.17) is 5.11 Å². The van der Waals surface area contributed by atoms with Gasteiger partial charge in [0.15, 0.2) is 0 Å². The molecule has 0 atom stereocenters. The zero-order valence-electron chi connectivity index (χ0n) is 13.2. The minimum Gasteiger partial charge on any atom is -0.395 e. The topological polar surface area (TPSA) is 49.3 Å². The number of carbonyl (C=O) groups is 1. The first kappa shape index (κ1) is 17.3. The van der Waals surface area contributed by atoms with Gasteiger partial charge in [0.2, 0.25) is 0 Å². The Balaban J connectivity index is 2.73. The molecule has 0 saturated carbocycles. The molecule has 3 heteroatoms. The van der Waals surface area contributed by atoms with E-state index in [0.29, 0.717) is 24.4 Å². The van der Waals surface area contributed by atoms with Crippen LogP contribution in [0.1, 0.15) is 54.6 Å². The molecule has 114 valence electrons. The summed E-state index contributed by atoms with van der Waals surface area (Å²) in [5.41, 5.74) is 2.37. The number of rotatable bonds is 6. The fraction of sp³-hybridized carbons (Fsp3) is 0.500. The lowest BCUT2D eigenvalue weighted by Crippen LogP contribution is -2.25. The smallest absolute Gasteiger partial charge is 0.252 e. The second-order valence-electron chi connectivity index (χ2n) is 5.62. The number of carbonyl (C=O) groups excluding carboxylic acids is 1. The second kappa shape index (κ2) is 9.20. The second-order valence-corrected chi connectivity index (χ2v) is 5.62. The molecule has 21 heavy (non-hydrogen) atoms. The van der Waals surface area contributed by atoms with Crippen LogP contribution in [0, 0.1) is 24.7 Å². The third-order valence-corrected chi connectivity index (χ3v) is 3.12. The van der Waals surface area contributed by atoms with Gasteiger partial charge in [0.1, 0.15) is 0 Å². The van der Waals surface area contributed by atoms with Gasteiger partial charge in [-0.15, -0.1) is 0 Å². The van der Waals surface area contributed by atoms with Crippen LogP contribution in [0.4, 0.5) is 0 Å². The molecule has 1 amide bonds. The fourth-order valence-corrected chi connectivity index (χ4v) is 1.98. The average molecular weight is 287 g/mol.